The highest BCUT2D eigenvalue weighted by Gasteiger charge is 2.26. The van der Waals surface area contributed by atoms with Gasteiger partial charge < -0.3 is 11.1 Å². The lowest BCUT2D eigenvalue weighted by Crippen LogP contribution is -2.39. The van der Waals surface area contributed by atoms with E-state index in [1.165, 1.54) is 6.33 Å². The molecule has 11 heteroatoms. The second-order valence-electron chi connectivity index (χ2n) is 10.0. The standard InChI is InChI=1S/C28H27ClN8O2/c1-16-21(10-18(29)12-31-16)27(38)35-19-8-6-17(7-9-19)14-36-23-4-2-3-5-24(23)37(28(36)39)20-11-22-25(32-13-20)26(30)34-15-33-22/h2-5,10-13,15,17,19H,6-9,14H2,1H3,(H,35,38)(H2,30,33,34). The molecule has 0 aliphatic heterocycles. The first kappa shape index (κ1) is 25.0. The molecule has 1 aliphatic carbocycles. The molecule has 4 heterocycles. The molecule has 0 atom stereocenters. The lowest BCUT2D eigenvalue weighted by atomic mass is 9.85. The van der Waals surface area contributed by atoms with Crippen LogP contribution in [-0.2, 0) is 6.54 Å². The fourth-order valence-corrected chi connectivity index (χ4v) is 5.62. The molecule has 0 radical (unpaired) electrons. The van der Waals surface area contributed by atoms with E-state index in [0.717, 1.165) is 36.7 Å². The van der Waals surface area contributed by atoms with Crippen LogP contribution in [0.5, 0.6) is 0 Å². The van der Waals surface area contributed by atoms with Gasteiger partial charge in [0.1, 0.15) is 11.8 Å². The van der Waals surface area contributed by atoms with Gasteiger partial charge in [0, 0.05) is 18.8 Å². The largest absolute Gasteiger partial charge is 0.382 e. The highest BCUT2D eigenvalue weighted by Crippen LogP contribution is 2.28. The summed E-state index contributed by atoms with van der Waals surface area (Å²) in [6, 6.07) is 11.3. The molecule has 0 saturated heterocycles. The van der Waals surface area contributed by atoms with Crippen molar-refractivity contribution in [1.82, 2.24) is 34.4 Å². The zero-order chi connectivity index (χ0) is 27.1. The third kappa shape index (κ3) is 4.72. The number of pyridine rings is 2. The number of para-hydroxylation sites is 2. The van der Waals surface area contributed by atoms with E-state index in [1.807, 2.05) is 34.9 Å². The Balaban J connectivity index is 1.21. The second-order valence-corrected chi connectivity index (χ2v) is 10.5. The molecule has 1 fully saturated rings. The van der Waals surface area contributed by atoms with Crippen LogP contribution in [0.15, 0.2) is 59.9 Å². The number of aryl methyl sites for hydroxylation is 1. The van der Waals surface area contributed by atoms with E-state index >= 15 is 0 Å². The number of nitrogens with one attached hydrogen (secondary N) is 1. The summed E-state index contributed by atoms with van der Waals surface area (Å²) in [6.45, 7) is 2.40. The first-order valence-corrected chi connectivity index (χ1v) is 13.3. The van der Waals surface area contributed by atoms with Gasteiger partial charge in [-0.1, -0.05) is 23.7 Å². The van der Waals surface area contributed by atoms with Crippen LogP contribution in [0.2, 0.25) is 5.02 Å². The van der Waals surface area contributed by atoms with E-state index in [0.29, 0.717) is 51.3 Å². The van der Waals surface area contributed by atoms with Crippen molar-refractivity contribution in [2.45, 2.75) is 45.2 Å². The van der Waals surface area contributed by atoms with Crippen molar-refractivity contribution in [3.63, 3.8) is 0 Å². The van der Waals surface area contributed by atoms with Crippen LogP contribution in [0.25, 0.3) is 27.8 Å². The van der Waals surface area contributed by atoms with E-state index in [-0.39, 0.29) is 17.6 Å². The quantitative estimate of drug-likeness (QED) is 0.342. The SMILES string of the molecule is Cc1ncc(Cl)cc1C(=O)NC1CCC(Cn2c(=O)n(-c3cnc4c(N)ncnc4c3)c3ccccc32)CC1. The summed E-state index contributed by atoms with van der Waals surface area (Å²) < 4.78 is 3.52. The Morgan fingerprint density at radius 2 is 1.82 bits per heavy atom. The summed E-state index contributed by atoms with van der Waals surface area (Å²) in [5.41, 5.74) is 10.3. The van der Waals surface area contributed by atoms with Gasteiger partial charge in [-0.05, 0) is 62.8 Å². The van der Waals surface area contributed by atoms with Crippen molar-refractivity contribution >= 4 is 45.4 Å². The van der Waals surface area contributed by atoms with Gasteiger partial charge in [0.2, 0.25) is 0 Å². The maximum Gasteiger partial charge on any atom is 0.333 e. The van der Waals surface area contributed by atoms with Gasteiger partial charge in [-0.3, -0.25) is 18.9 Å². The molecule has 0 spiro atoms. The van der Waals surface area contributed by atoms with Crippen LogP contribution in [-0.4, -0.2) is 41.0 Å². The first-order chi connectivity index (χ1) is 18.9. The topological polar surface area (TPSA) is 134 Å². The molecule has 0 unspecified atom stereocenters. The molecular formula is C28H27ClN8O2. The van der Waals surface area contributed by atoms with Crippen LogP contribution in [0.3, 0.4) is 0 Å². The number of halogens is 1. The monoisotopic (exact) mass is 542 g/mol. The second kappa shape index (κ2) is 10.1. The van der Waals surface area contributed by atoms with Crippen molar-refractivity contribution in [1.29, 1.82) is 0 Å². The van der Waals surface area contributed by atoms with Crippen LogP contribution in [0.4, 0.5) is 5.82 Å². The van der Waals surface area contributed by atoms with Crippen molar-refractivity contribution in [2.24, 2.45) is 5.92 Å². The molecule has 3 N–H and O–H groups in total. The number of anilines is 1. The number of nitrogens with two attached hydrogens (primary N) is 1. The third-order valence-corrected chi connectivity index (χ3v) is 7.71. The van der Waals surface area contributed by atoms with E-state index in [4.69, 9.17) is 17.3 Å². The smallest absolute Gasteiger partial charge is 0.333 e. The summed E-state index contributed by atoms with van der Waals surface area (Å²) >= 11 is 6.04. The molecular weight excluding hydrogens is 516 g/mol. The fraction of sp³-hybridized carbons (Fsp3) is 0.286. The number of benzene rings is 1. The molecule has 1 amide bonds. The van der Waals surface area contributed by atoms with Gasteiger partial charge in [-0.2, -0.15) is 0 Å². The van der Waals surface area contributed by atoms with Gasteiger partial charge in [0.25, 0.3) is 5.91 Å². The Hall–Kier alpha value is -4.31. The summed E-state index contributed by atoms with van der Waals surface area (Å²) in [5.74, 6) is 0.459. The minimum absolute atomic E-state index is 0.0725. The van der Waals surface area contributed by atoms with E-state index in [1.54, 1.807) is 30.0 Å². The molecule has 6 rings (SSSR count). The molecule has 198 valence electrons. The highest BCUT2D eigenvalue weighted by molar-refractivity contribution is 6.30. The minimum atomic E-state index is -0.152. The Kier molecular flexibility index (Phi) is 6.48. The number of carbonyl (C=O) groups is 1. The van der Waals surface area contributed by atoms with Crippen molar-refractivity contribution in [3.05, 3.63) is 81.9 Å². The Morgan fingerprint density at radius 3 is 2.62 bits per heavy atom. The van der Waals surface area contributed by atoms with Crippen molar-refractivity contribution < 1.29 is 4.79 Å². The molecule has 4 aromatic heterocycles. The van der Waals surface area contributed by atoms with Gasteiger partial charge in [-0.25, -0.2) is 19.7 Å². The predicted octanol–water partition coefficient (Wildman–Crippen LogP) is 4.06. The number of carbonyl (C=O) groups excluding carboxylic acids is 1. The van der Waals surface area contributed by atoms with Crippen LogP contribution < -0.4 is 16.7 Å². The van der Waals surface area contributed by atoms with Gasteiger partial charge >= 0.3 is 5.69 Å². The molecule has 0 bridgehead atoms. The summed E-state index contributed by atoms with van der Waals surface area (Å²) in [7, 11) is 0. The van der Waals surface area contributed by atoms with Gasteiger partial charge in [0.15, 0.2) is 5.82 Å². The van der Waals surface area contributed by atoms with Crippen molar-refractivity contribution in [3.8, 4) is 5.69 Å². The Morgan fingerprint density at radius 1 is 1.05 bits per heavy atom. The molecule has 1 saturated carbocycles. The average Bonchev–Trinajstić information content (AvgIpc) is 3.22. The summed E-state index contributed by atoms with van der Waals surface area (Å²) in [5, 5.41) is 3.58. The molecule has 1 aromatic carbocycles. The number of rotatable bonds is 5. The number of hydrogen-bond acceptors (Lipinski definition) is 7. The Bertz CT molecular complexity index is 1770. The number of hydrogen-bond donors (Lipinski definition) is 2. The van der Waals surface area contributed by atoms with E-state index < -0.39 is 0 Å². The fourth-order valence-electron chi connectivity index (χ4n) is 5.46. The average molecular weight is 543 g/mol. The zero-order valence-corrected chi connectivity index (χ0v) is 22.1. The zero-order valence-electron chi connectivity index (χ0n) is 21.3. The van der Waals surface area contributed by atoms with Crippen molar-refractivity contribution in [2.75, 3.05) is 5.73 Å². The number of nitrogens with zero attached hydrogens (tertiary/aromatic N) is 6. The minimum Gasteiger partial charge on any atom is -0.382 e. The maximum absolute atomic E-state index is 13.8. The van der Waals surface area contributed by atoms with Crippen LogP contribution in [0.1, 0.15) is 41.7 Å². The summed E-state index contributed by atoms with van der Waals surface area (Å²) in [6.07, 6.45) is 8.04. The molecule has 1 aliphatic rings. The number of imidazole rings is 1. The number of nitrogen functional groups attached to an aromatic ring is 1. The van der Waals surface area contributed by atoms with E-state index in [2.05, 4.69) is 25.3 Å². The number of fused-ring (bicyclic) bond motifs is 2. The first-order valence-electron chi connectivity index (χ1n) is 12.9. The highest BCUT2D eigenvalue weighted by atomic mass is 35.5. The molecule has 39 heavy (non-hydrogen) atoms. The third-order valence-electron chi connectivity index (χ3n) is 7.50. The van der Waals surface area contributed by atoms with Crippen LogP contribution in [0, 0.1) is 12.8 Å². The predicted molar refractivity (Wildman–Crippen MR) is 150 cm³/mol. The maximum atomic E-state index is 13.8. The lowest BCUT2D eigenvalue weighted by Gasteiger charge is -2.29. The van der Waals surface area contributed by atoms with Gasteiger partial charge in [-0.15, -0.1) is 0 Å². The lowest BCUT2D eigenvalue weighted by molar-refractivity contribution is 0.0919. The normalized spacial score (nSPS) is 17.5. The number of amides is 1. The van der Waals surface area contributed by atoms with Crippen LogP contribution >= 0.6 is 11.6 Å². The molecule has 10 nitrogen and oxygen atoms in total. The van der Waals surface area contributed by atoms with Gasteiger partial charge in [0.05, 0.1) is 44.7 Å². The number of aromatic nitrogens is 6. The summed E-state index contributed by atoms with van der Waals surface area (Å²) in [4.78, 5) is 43.5. The molecule has 5 aromatic rings. The Labute approximate surface area is 228 Å². The van der Waals surface area contributed by atoms with E-state index in [9.17, 15) is 9.59 Å².